The molecule has 2 nitrogen and oxygen atoms in total. The summed E-state index contributed by atoms with van der Waals surface area (Å²) in [4.78, 5) is 5.57. The van der Waals surface area contributed by atoms with E-state index in [2.05, 4.69) is 44.4 Å². The first-order valence-electron chi connectivity index (χ1n) is 10.2. The minimum absolute atomic E-state index is 0.422. The molecule has 4 atom stereocenters. The lowest BCUT2D eigenvalue weighted by Gasteiger charge is -2.38. The van der Waals surface area contributed by atoms with Gasteiger partial charge < -0.3 is 4.90 Å². The van der Waals surface area contributed by atoms with Crippen molar-refractivity contribution in [2.24, 2.45) is 35.0 Å². The van der Waals surface area contributed by atoms with E-state index in [1.165, 1.54) is 58.4 Å². The Hall–Kier alpha value is -0.0800. The zero-order valence-electron chi connectivity index (χ0n) is 16.1. The van der Waals surface area contributed by atoms with Gasteiger partial charge >= 0.3 is 0 Å². The largest absolute Gasteiger partial charge is 0.303 e. The second-order valence-electron chi connectivity index (χ2n) is 11.1. The number of nitrogens with zero attached hydrogens (tertiary/aromatic N) is 2. The van der Waals surface area contributed by atoms with Gasteiger partial charge in [0.15, 0.2) is 0 Å². The minimum Gasteiger partial charge on any atom is -0.303 e. The lowest BCUT2D eigenvalue weighted by Crippen LogP contribution is -2.45. The van der Waals surface area contributed by atoms with Crippen LogP contribution in [0.5, 0.6) is 0 Å². The Morgan fingerprint density at radius 1 is 0.826 bits per heavy atom. The van der Waals surface area contributed by atoms with E-state index >= 15 is 0 Å². The van der Waals surface area contributed by atoms with E-state index in [-0.39, 0.29) is 0 Å². The molecule has 0 aromatic carbocycles. The van der Waals surface area contributed by atoms with Gasteiger partial charge in [-0.1, -0.05) is 20.8 Å². The van der Waals surface area contributed by atoms with E-state index in [1.54, 1.807) is 0 Å². The fraction of sp³-hybridized carbons (Fsp3) is 1.00. The van der Waals surface area contributed by atoms with Crippen LogP contribution in [0.4, 0.5) is 0 Å². The van der Waals surface area contributed by atoms with Crippen LogP contribution in [0.25, 0.3) is 0 Å². The number of hydrogen-bond donors (Lipinski definition) is 0. The zero-order valence-corrected chi connectivity index (χ0v) is 16.1. The van der Waals surface area contributed by atoms with E-state index in [1.807, 2.05) is 0 Å². The summed E-state index contributed by atoms with van der Waals surface area (Å²) in [5.41, 5.74) is 0.947. The molecule has 4 aliphatic rings. The number of likely N-dealkylation sites (tertiary alicyclic amines) is 2. The summed E-state index contributed by atoms with van der Waals surface area (Å²) in [7, 11) is 0. The highest BCUT2D eigenvalue weighted by Gasteiger charge is 2.55. The van der Waals surface area contributed by atoms with Crippen LogP contribution in [0.2, 0.25) is 0 Å². The van der Waals surface area contributed by atoms with Crippen molar-refractivity contribution in [3.8, 4) is 0 Å². The zero-order chi connectivity index (χ0) is 16.4. The minimum atomic E-state index is 0.422. The maximum Gasteiger partial charge on any atom is 0.0165 e. The van der Waals surface area contributed by atoms with Gasteiger partial charge in [-0.3, -0.25) is 4.90 Å². The predicted octanol–water partition coefficient (Wildman–Crippen LogP) is 4.11. The Labute approximate surface area is 144 Å². The van der Waals surface area contributed by atoms with Gasteiger partial charge in [0.2, 0.25) is 0 Å². The maximum absolute atomic E-state index is 2.79. The Morgan fingerprint density at radius 2 is 1.43 bits per heavy atom. The lowest BCUT2D eigenvalue weighted by molar-refractivity contribution is 0.110. The van der Waals surface area contributed by atoms with Gasteiger partial charge in [-0.2, -0.15) is 0 Å². The van der Waals surface area contributed by atoms with Gasteiger partial charge in [0.05, 0.1) is 0 Å². The third-order valence-corrected chi connectivity index (χ3v) is 7.55. The van der Waals surface area contributed by atoms with Gasteiger partial charge in [-0.25, -0.2) is 0 Å². The van der Waals surface area contributed by atoms with Crippen molar-refractivity contribution in [3.05, 3.63) is 0 Å². The number of rotatable bonds is 6. The molecule has 23 heavy (non-hydrogen) atoms. The van der Waals surface area contributed by atoms with Gasteiger partial charge in [0.1, 0.15) is 0 Å². The quantitative estimate of drug-likeness (QED) is 0.727. The van der Waals surface area contributed by atoms with Crippen LogP contribution >= 0.6 is 0 Å². The fourth-order valence-electron chi connectivity index (χ4n) is 5.43. The van der Waals surface area contributed by atoms with Gasteiger partial charge in [-0.15, -0.1) is 0 Å². The second kappa shape index (κ2) is 5.46. The Balaban J connectivity index is 1.17. The normalized spacial score (nSPS) is 40.3. The van der Waals surface area contributed by atoms with E-state index in [0.29, 0.717) is 11.0 Å². The molecular formula is C21H38N2. The molecule has 132 valence electrons. The third kappa shape index (κ3) is 3.49. The molecule has 2 aliphatic carbocycles. The van der Waals surface area contributed by atoms with Crippen molar-refractivity contribution in [1.82, 2.24) is 9.80 Å². The summed E-state index contributed by atoms with van der Waals surface area (Å²) in [6.07, 6.45) is 5.78. The molecule has 0 spiro atoms. The van der Waals surface area contributed by atoms with E-state index in [4.69, 9.17) is 0 Å². The molecule has 0 amide bonds. The summed E-state index contributed by atoms with van der Waals surface area (Å²) in [5, 5.41) is 0. The van der Waals surface area contributed by atoms with Crippen LogP contribution in [0.1, 0.15) is 60.3 Å². The van der Waals surface area contributed by atoms with Crippen LogP contribution in [-0.2, 0) is 0 Å². The van der Waals surface area contributed by atoms with Crippen LogP contribution < -0.4 is 0 Å². The summed E-state index contributed by atoms with van der Waals surface area (Å²) in [6.45, 7) is 19.1. The Kier molecular flexibility index (Phi) is 3.89. The molecule has 4 rings (SSSR count). The van der Waals surface area contributed by atoms with Crippen LogP contribution in [-0.4, -0.2) is 48.1 Å². The molecule has 2 aliphatic heterocycles. The van der Waals surface area contributed by atoms with Crippen molar-refractivity contribution >= 4 is 0 Å². The molecule has 2 heterocycles. The average Bonchev–Trinajstić information content (AvgIpc) is 3.22. The highest BCUT2D eigenvalue weighted by molar-refractivity contribution is 5.06. The number of hydrogen-bond acceptors (Lipinski definition) is 2. The summed E-state index contributed by atoms with van der Waals surface area (Å²) >= 11 is 0. The van der Waals surface area contributed by atoms with Crippen molar-refractivity contribution in [2.75, 3.05) is 32.7 Å². The molecule has 4 unspecified atom stereocenters. The SMILES string of the molecule is CC(C)(C)CCC1C2CN(CCC(C)(C)N3CC4CC4C3)CC12. The second-order valence-corrected chi connectivity index (χ2v) is 11.1. The summed E-state index contributed by atoms with van der Waals surface area (Å²) in [5.74, 6) is 5.32. The first kappa shape index (κ1) is 16.4. The van der Waals surface area contributed by atoms with Crippen LogP contribution in [0.3, 0.4) is 0 Å². The molecule has 0 N–H and O–H groups in total. The van der Waals surface area contributed by atoms with Gasteiger partial charge in [0, 0.05) is 31.7 Å². The molecule has 0 radical (unpaired) electrons. The molecule has 0 aromatic rings. The predicted molar refractivity (Wildman–Crippen MR) is 97.5 cm³/mol. The van der Waals surface area contributed by atoms with Crippen LogP contribution in [0, 0.1) is 35.0 Å². The molecule has 2 saturated heterocycles. The monoisotopic (exact) mass is 318 g/mol. The highest BCUT2D eigenvalue weighted by atomic mass is 15.2. The Bertz CT molecular complexity index is 427. The third-order valence-electron chi connectivity index (χ3n) is 7.55. The smallest absolute Gasteiger partial charge is 0.0165 e. The Morgan fingerprint density at radius 3 is 2.00 bits per heavy atom. The lowest BCUT2D eigenvalue weighted by atomic mass is 9.89. The van der Waals surface area contributed by atoms with Gasteiger partial charge in [-0.05, 0) is 81.1 Å². The summed E-state index contributed by atoms with van der Waals surface area (Å²) < 4.78 is 0. The van der Waals surface area contributed by atoms with Crippen molar-refractivity contribution in [1.29, 1.82) is 0 Å². The van der Waals surface area contributed by atoms with Crippen molar-refractivity contribution in [3.63, 3.8) is 0 Å². The molecule has 0 aromatic heterocycles. The average molecular weight is 319 g/mol. The number of piperidine rings is 2. The van der Waals surface area contributed by atoms with E-state index in [0.717, 1.165) is 29.6 Å². The van der Waals surface area contributed by atoms with E-state index in [9.17, 15) is 0 Å². The van der Waals surface area contributed by atoms with Crippen molar-refractivity contribution in [2.45, 2.75) is 65.8 Å². The topological polar surface area (TPSA) is 6.48 Å². The first-order chi connectivity index (χ1) is 10.7. The molecule has 0 bridgehead atoms. The van der Waals surface area contributed by atoms with E-state index < -0.39 is 0 Å². The molecule has 4 fully saturated rings. The van der Waals surface area contributed by atoms with Gasteiger partial charge in [0.25, 0.3) is 0 Å². The first-order valence-corrected chi connectivity index (χ1v) is 10.2. The highest BCUT2D eigenvalue weighted by Crippen LogP contribution is 2.55. The number of fused-ring (bicyclic) bond motifs is 2. The van der Waals surface area contributed by atoms with Crippen molar-refractivity contribution < 1.29 is 0 Å². The van der Waals surface area contributed by atoms with Crippen LogP contribution in [0.15, 0.2) is 0 Å². The standard InChI is InChI=1S/C21H38N2/c1-20(2,3)7-6-17-18-13-22(14-19(17)18)9-8-21(4,5)23-11-15-10-16(15)12-23/h15-19H,6-14H2,1-5H3. The maximum atomic E-state index is 2.79. The summed E-state index contributed by atoms with van der Waals surface area (Å²) in [6, 6.07) is 0. The molecule has 2 saturated carbocycles. The molecule has 2 heteroatoms. The molecular weight excluding hydrogens is 280 g/mol. The fourth-order valence-corrected chi connectivity index (χ4v) is 5.43.